The van der Waals surface area contributed by atoms with Crippen LogP contribution in [0.1, 0.15) is 38.3 Å². The molecule has 0 spiro atoms. The first-order valence-electron chi connectivity index (χ1n) is 6.39. The van der Waals surface area contributed by atoms with Gasteiger partial charge in [-0.15, -0.1) is 0 Å². The summed E-state index contributed by atoms with van der Waals surface area (Å²) in [5.41, 5.74) is 6.81. The summed E-state index contributed by atoms with van der Waals surface area (Å²) in [7, 11) is 0. The van der Waals surface area contributed by atoms with Gasteiger partial charge in [-0.25, -0.2) is 4.39 Å². The highest BCUT2D eigenvalue weighted by Crippen LogP contribution is 2.22. The summed E-state index contributed by atoms with van der Waals surface area (Å²) < 4.78 is 13.0. The normalized spacial score (nSPS) is 12.7. The third kappa shape index (κ3) is 4.03. The van der Waals surface area contributed by atoms with Gasteiger partial charge >= 0.3 is 0 Å². The minimum Gasteiger partial charge on any atom is -0.392 e. The van der Waals surface area contributed by atoms with E-state index in [4.69, 9.17) is 18.0 Å². The lowest BCUT2D eigenvalue weighted by Crippen LogP contribution is -2.37. The van der Waals surface area contributed by atoms with Crippen LogP contribution in [-0.2, 0) is 0 Å². The molecular weight excluding hydrogens is 247 g/mol. The van der Waals surface area contributed by atoms with Gasteiger partial charge in [0.15, 0.2) is 0 Å². The molecule has 2 N–H and O–H groups in total. The highest BCUT2D eigenvalue weighted by Gasteiger charge is 2.21. The Morgan fingerprint density at radius 1 is 1.33 bits per heavy atom. The first kappa shape index (κ1) is 15.1. The maximum absolute atomic E-state index is 13.0. The molecule has 1 rings (SSSR count). The van der Waals surface area contributed by atoms with Crippen LogP contribution in [0.2, 0.25) is 0 Å². The molecule has 1 atom stereocenters. The molecule has 0 aliphatic heterocycles. The van der Waals surface area contributed by atoms with Crippen LogP contribution in [0.25, 0.3) is 0 Å². The van der Waals surface area contributed by atoms with Crippen molar-refractivity contribution in [2.45, 2.75) is 32.7 Å². The Morgan fingerprint density at radius 3 is 2.39 bits per heavy atom. The standard InChI is InChI=1S/C14H21FN2S/c1-3-5-10-17(4-2)13(14(16)18)11-6-8-12(15)9-7-11/h6-9,13H,3-5,10H2,1-2H3,(H2,16,18). The molecule has 0 bridgehead atoms. The van der Waals surface area contributed by atoms with Crippen molar-refractivity contribution in [2.75, 3.05) is 13.1 Å². The van der Waals surface area contributed by atoms with E-state index in [1.165, 1.54) is 12.1 Å². The van der Waals surface area contributed by atoms with E-state index in [1.807, 2.05) is 0 Å². The number of unbranched alkanes of at least 4 members (excludes halogenated alkanes) is 1. The molecule has 0 heterocycles. The second kappa shape index (κ2) is 7.44. The number of hydrogen-bond acceptors (Lipinski definition) is 2. The van der Waals surface area contributed by atoms with Crippen LogP contribution in [-0.4, -0.2) is 23.0 Å². The average molecular weight is 268 g/mol. The predicted octanol–water partition coefficient (Wildman–Crippen LogP) is 3.27. The minimum atomic E-state index is -0.239. The summed E-state index contributed by atoms with van der Waals surface area (Å²) in [5.74, 6) is -0.239. The Labute approximate surface area is 114 Å². The molecule has 0 aliphatic rings. The van der Waals surface area contributed by atoms with Crippen LogP contribution in [0.3, 0.4) is 0 Å². The van der Waals surface area contributed by atoms with E-state index in [9.17, 15) is 4.39 Å². The number of hydrogen-bond donors (Lipinski definition) is 1. The number of rotatable bonds is 7. The zero-order valence-corrected chi connectivity index (χ0v) is 11.8. The number of nitrogens with two attached hydrogens (primary N) is 1. The maximum atomic E-state index is 13.0. The number of thiocarbonyl (C=S) groups is 1. The summed E-state index contributed by atoms with van der Waals surface area (Å²) in [4.78, 5) is 2.68. The van der Waals surface area contributed by atoms with Gasteiger partial charge in [0.1, 0.15) is 5.82 Å². The molecular formula is C14H21FN2S. The lowest BCUT2D eigenvalue weighted by Gasteiger charge is -2.30. The van der Waals surface area contributed by atoms with Gasteiger partial charge in [-0.1, -0.05) is 44.6 Å². The van der Waals surface area contributed by atoms with E-state index < -0.39 is 0 Å². The van der Waals surface area contributed by atoms with Gasteiger partial charge in [0.25, 0.3) is 0 Å². The Bertz CT molecular complexity index is 378. The molecule has 100 valence electrons. The molecule has 1 aromatic rings. The second-order valence-corrected chi connectivity index (χ2v) is 4.81. The van der Waals surface area contributed by atoms with Crippen molar-refractivity contribution in [3.63, 3.8) is 0 Å². The van der Waals surface area contributed by atoms with E-state index in [0.29, 0.717) is 4.99 Å². The zero-order valence-electron chi connectivity index (χ0n) is 11.0. The van der Waals surface area contributed by atoms with E-state index in [2.05, 4.69) is 18.7 Å². The largest absolute Gasteiger partial charge is 0.392 e. The van der Waals surface area contributed by atoms with Gasteiger partial charge in [-0.2, -0.15) is 0 Å². The minimum absolute atomic E-state index is 0.0999. The van der Waals surface area contributed by atoms with E-state index in [0.717, 1.165) is 31.5 Å². The van der Waals surface area contributed by atoms with Crippen LogP contribution >= 0.6 is 12.2 Å². The molecule has 18 heavy (non-hydrogen) atoms. The fourth-order valence-corrected chi connectivity index (χ4v) is 2.32. The number of halogens is 1. The van der Waals surface area contributed by atoms with Crippen LogP contribution < -0.4 is 5.73 Å². The number of likely N-dealkylation sites (N-methyl/N-ethyl adjacent to an activating group) is 1. The highest BCUT2D eigenvalue weighted by molar-refractivity contribution is 7.80. The SMILES string of the molecule is CCCCN(CC)C(C(N)=S)c1ccc(F)cc1. The summed E-state index contributed by atoms with van der Waals surface area (Å²) in [6.45, 7) is 6.07. The third-order valence-corrected chi connectivity index (χ3v) is 3.25. The molecule has 0 aromatic heterocycles. The molecule has 0 fully saturated rings. The Hall–Kier alpha value is -1.00. The first-order valence-corrected chi connectivity index (χ1v) is 6.79. The van der Waals surface area contributed by atoms with E-state index in [1.54, 1.807) is 12.1 Å². The molecule has 1 aromatic carbocycles. The van der Waals surface area contributed by atoms with Gasteiger partial charge in [0.05, 0.1) is 11.0 Å². The summed E-state index contributed by atoms with van der Waals surface area (Å²) in [6, 6.07) is 6.32. The van der Waals surface area contributed by atoms with Crippen molar-refractivity contribution in [3.8, 4) is 0 Å². The predicted molar refractivity (Wildman–Crippen MR) is 78.1 cm³/mol. The molecule has 0 amide bonds. The summed E-state index contributed by atoms with van der Waals surface area (Å²) in [5, 5.41) is 0. The van der Waals surface area contributed by atoms with Crippen LogP contribution in [0, 0.1) is 5.82 Å². The number of benzene rings is 1. The summed E-state index contributed by atoms with van der Waals surface area (Å²) in [6.07, 6.45) is 2.23. The molecule has 0 aliphatic carbocycles. The van der Waals surface area contributed by atoms with E-state index in [-0.39, 0.29) is 11.9 Å². The van der Waals surface area contributed by atoms with Gasteiger partial charge in [-0.3, -0.25) is 4.90 Å². The molecule has 0 saturated heterocycles. The summed E-state index contributed by atoms with van der Waals surface area (Å²) >= 11 is 5.17. The molecule has 2 nitrogen and oxygen atoms in total. The van der Waals surface area contributed by atoms with E-state index >= 15 is 0 Å². The maximum Gasteiger partial charge on any atom is 0.123 e. The number of nitrogens with zero attached hydrogens (tertiary/aromatic N) is 1. The van der Waals surface area contributed by atoms with Crippen molar-refractivity contribution < 1.29 is 4.39 Å². The molecule has 0 saturated carbocycles. The Balaban J connectivity index is 2.93. The van der Waals surface area contributed by atoms with Crippen LogP contribution in [0.15, 0.2) is 24.3 Å². The lowest BCUT2D eigenvalue weighted by atomic mass is 10.0. The Kier molecular flexibility index (Phi) is 6.22. The van der Waals surface area contributed by atoms with Crippen molar-refractivity contribution in [1.29, 1.82) is 0 Å². The van der Waals surface area contributed by atoms with Crippen molar-refractivity contribution in [1.82, 2.24) is 4.90 Å². The third-order valence-electron chi connectivity index (χ3n) is 3.03. The van der Waals surface area contributed by atoms with Crippen molar-refractivity contribution >= 4 is 17.2 Å². The molecule has 4 heteroatoms. The van der Waals surface area contributed by atoms with Gasteiger partial charge < -0.3 is 5.73 Å². The molecule has 1 unspecified atom stereocenters. The topological polar surface area (TPSA) is 29.3 Å². The average Bonchev–Trinajstić information content (AvgIpc) is 2.35. The van der Waals surface area contributed by atoms with Gasteiger partial charge in [0.2, 0.25) is 0 Å². The van der Waals surface area contributed by atoms with Gasteiger partial charge in [-0.05, 0) is 37.2 Å². The Morgan fingerprint density at radius 2 is 1.94 bits per heavy atom. The fourth-order valence-electron chi connectivity index (χ4n) is 2.03. The second-order valence-electron chi connectivity index (χ2n) is 4.34. The fraction of sp³-hybridized carbons (Fsp3) is 0.500. The zero-order chi connectivity index (χ0) is 13.5. The first-order chi connectivity index (χ1) is 8.60. The van der Waals surface area contributed by atoms with Gasteiger partial charge in [0, 0.05) is 0 Å². The quantitative estimate of drug-likeness (QED) is 0.770. The van der Waals surface area contributed by atoms with Crippen LogP contribution in [0.4, 0.5) is 4.39 Å². The smallest absolute Gasteiger partial charge is 0.123 e. The van der Waals surface area contributed by atoms with Crippen molar-refractivity contribution in [3.05, 3.63) is 35.6 Å². The monoisotopic (exact) mass is 268 g/mol. The van der Waals surface area contributed by atoms with Crippen LogP contribution in [0.5, 0.6) is 0 Å². The highest BCUT2D eigenvalue weighted by atomic mass is 32.1. The molecule has 0 radical (unpaired) electrons. The lowest BCUT2D eigenvalue weighted by molar-refractivity contribution is 0.253. The van der Waals surface area contributed by atoms with Crippen molar-refractivity contribution in [2.24, 2.45) is 5.73 Å².